The molecule has 2 heterocycles. The fourth-order valence-corrected chi connectivity index (χ4v) is 3.96. The molecule has 0 aliphatic rings. The molecule has 0 amide bonds. The number of aromatic nitrogens is 2. The highest BCUT2D eigenvalue weighted by molar-refractivity contribution is 6.30. The molecular weight excluding hydrogens is 344 g/mol. The Morgan fingerprint density at radius 2 is 1.82 bits per heavy atom. The second-order valence-corrected chi connectivity index (χ2v) is 8.26. The van der Waals surface area contributed by atoms with Crippen molar-refractivity contribution in [3.8, 4) is 0 Å². The second kappa shape index (κ2) is 5.78. The number of rotatable bonds is 1. The maximum Gasteiger partial charge on any atom is 0.192 e. The smallest absolute Gasteiger partial charge is 0.192 e. The molecule has 0 aliphatic carbocycles. The van der Waals surface area contributed by atoms with Gasteiger partial charge in [-0.05, 0) is 46.6 Å². The Bertz CT molecular complexity index is 1580. The first kappa shape index (κ1) is 12.5. The molecule has 3 aromatic carbocycles. The number of hydrogen-bond acceptors (Lipinski definition) is 3. The van der Waals surface area contributed by atoms with Crippen LogP contribution in [-0.2, 0) is 6.37 Å². The Labute approximate surface area is 171 Å². The lowest BCUT2D eigenvalue weighted by atomic mass is 9.83. The van der Waals surface area contributed by atoms with Gasteiger partial charge >= 0.3 is 0 Å². The summed E-state index contributed by atoms with van der Waals surface area (Å²) in [5.41, 5.74) is 0.868. The van der Waals surface area contributed by atoms with Crippen LogP contribution in [0.3, 0.4) is 0 Å². The van der Waals surface area contributed by atoms with Gasteiger partial charge in [-0.3, -0.25) is 4.98 Å². The molecular formula is C25H24N2O. The van der Waals surface area contributed by atoms with Crippen LogP contribution in [0, 0.1) is 19.2 Å². The summed E-state index contributed by atoms with van der Waals surface area (Å²) in [4.78, 5) is 9.08. The van der Waals surface area contributed by atoms with E-state index in [0.29, 0.717) is 33.3 Å². The van der Waals surface area contributed by atoms with Crippen LogP contribution in [0.2, 0.25) is 0 Å². The minimum Gasteiger partial charge on any atom is -0.440 e. The van der Waals surface area contributed by atoms with Crippen LogP contribution in [0.15, 0.2) is 47.0 Å². The quantitative estimate of drug-likeness (QED) is 0.300. The van der Waals surface area contributed by atoms with E-state index in [1.165, 1.54) is 6.20 Å². The Balaban J connectivity index is 2.20. The Hall–Kier alpha value is -2.94. The number of aryl methyl sites for hydroxylation is 2. The molecule has 3 nitrogen and oxygen atoms in total. The molecule has 0 saturated carbocycles. The van der Waals surface area contributed by atoms with Gasteiger partial charge in [0.15, 0.2) is 11.5 Å². The molecule has 0 aliphatic heterocycles. The van der Waals surface area contributed by atoms with E-state index in [1.807, 2.05) is 36.4 Å². The minimum atomic E-state index is -2.54. The number of nitrogens with zero attached hydrogens (tertiary/aromatic N) is 2. The van der Waals surface area contributed by atoms with Crippen molar-refractivity contribution >= 4 is 43.5 Å². The van der Waals surface area contributed by atoms with Crippen molar-refractivity contribution in [2.45, 2.75) is 40.9 Å². The minimum absolute atomic E-state index is 0.0836. The summed E-state index contributed by atoms with van der Waals surface area (Å²) < 4.78 is 48.9. The van der Waals surface area contributed by atoms with Gasteiger partial charge in [0.25, 0.3) is 0 Å². The van der Waals surface area contributed by atoms with Crippen molar-refractivity contribution < 1.29 is 11.3 Å². The second-order valence-electron chi connectivity index (χ2n) is 8.26. The Kier molecular flexibility index (Phi) is 2.58. The number of benzene rings is 3. The Morgan fingerprint density at radius 3 is 2.57 bits per heavy atom. The van der Waals surface area contributed by atoms with Gasteiger partial charge < -0.3 is 4.42 Å². The third-order valence-electron chi connectivity index (χ3n) is 4.97. The first-order valence-corrected chi connectivity index (χ1v) is 9.36. The Morgan fingerprint density at radius 1 is 1.04 bits per heavy atom. The molecule has 5 rings (SSSR count). The first-order valence-electron chi connectivity index (χ1n) is 11.9. The van der Waals surface area contributed by atoms with Crippen molar-refractivity contribution in [2.75, 3.05) is 0 Å². The zero-order valence-corrected chi connectivity index (χ0v) is 16.3. The molecule has 0 bridgehead atoms. The topological polar surface area (TPSA) is 38.9 Å². The normalized spacial score (nSPS) is 16.2. The standard InChI is InChI=1S/C25H24N2O/c1-14-13-26-23-18-9-7-6-8-16(18)17-10-11-20-24(28-15(2)27-20)22(17)21(23)19(14)12-25(3,4)5/h6-11,13H,12H2,1-5H3/i1D3,12D2. The average Bonchev–Trinajstić information content (AvgIpc) is 3.11. The van der Waals surface area contributed by atoms with E-state index < -0.39 is 18.6 Å². The highest BCUT2D eigenvalue weighted by Gasteiger charge is 2.21. The zero-order chi connectivity index (χ0) is 23.9. The average molecular weight is 374 g/mol. The highest BCUT2D eigenvalue weighted by atomic mass is 16.3. The van der Waals surface area contributed by atoms with Gasteiger partial charge in [-0.1, -0.05) is 51.1 Å². The molecule has 0 atom stereocenters. The van der Waals surface area contributed by atoms with Crippen LogP contribution < -0.4 is 0 Å². The molecule has 0 unspecified atom stereocenters. The van der Waals surface area contributed by atoms with Gasteiger partial charge in [-0.15, -0.1) is 0 Å². The van der Waals surface area contributed by atoms with E-state index in [-0.39, 0.29) is 11.1 Å². The summed E-state index contributed by atoms with van der Waals surface area (Å²) >= 11 is 0. The molecule has 0 fully saturated rings. The summed E-state index contributed by atoms with van der Waals surface area (Å²) in [6.07, 6.45) is -0.664. The fraction of sp³-hybridized carbons (Fsp3) is 0.280. The fourth-order valence-electron chi connectivity index (χ4n) is 3.96. The predicted octanol–water partition coefficient (Wildman–Crippen LogP) is 6.89. The lowest BCUT2D eigenvalue weighted by molar-refractivity contribution is 0.412. The number of oxazole rings is 1. The maximum absolute atomic E-state index is 9.16. The summed E-state index contributed by atoms with van der Waals surface area (Å²) in [6.45, 7) is 4.55. The van der Waals surface area contributed by atoms with Crippen LogP contribution in [0.25, 0.3) is 43.5 Å². The zero-order valence-electron chi connectivity index (χ0n) is 21.3. The van der Waals surface area contributed by atoms with Crippen molar-refractivity contribution in [3.05, 3.63) is 59.6 Å². The van der Waals surface area contributed by atoms with E-state index in [0.717, 1.165) is 16.2 Å². The molecule has 0 N–H and O–H groups in total. The predicted molar refractivity (Wildman–Crippen MR) is 117 cm³/mol. The van der Waals surface area contributed by atoms with Gasteiger partial charge in [-0.25, -0.2) is 4.98 Å². The SMILES string of the molecule is [2H]C([2H])([2H])c1cnc2c3ccccc3c3ccc4nc(C)oc4c3c2c1C([2H])([2H])C(C)(C)C. The lowest BCUT2D eigenvalue weighted by Gasteiger charge is -2.22. The summed E-state index contributed by atoms with van der Waals surface area (Å²) in [5.74, 6) is 0.485. The van der Waals surface area contributed by atoms with E-state index in [9.17, 15) is 0 Å². The highest BCUT2D eigenvalue weighted by Crippen LogP contribution is 2.41. The van der Waals surface area contributed by atoms with Crippen LogP contribution >= 0.6 is 0 Å². The molecule has 28 heavy (non-hydrogen) atoms. The largest absolute Gasteiger partial charge is 0.440 e. The number of pyridine rings is 1. The van der Waals surface area contributed by atoms with E-state index in [4.69, 9.17) is 11.3 Å². The molecule has 140 valence electrons. The van der Waals surface area contributed by atoms with Gasteiger partial charge in [0.05, 0.1) is 5.52 Å². The van der Waals surface area contributed by atoms with Crippen molar-refractivity contribution in [1.29, 1.82) is 0 Å². The van der Waals surface area contributed by atoms with E-state index in [1.54, 1.807) is 27.7 Å². The van der Waals surface area contributed by atoms with Gasteiger partial charge in [-0.2, -0.15) is 0 Å². The molecule has 0 spiro atoms. The molecule has 3 heteroatoms. The third kappa shape index (κ3) is 2.50. The van der Waals surface area contributed by atoms with Gasteiger partial charge in [0.2, 0.25) is 0 Å². The summed E-state index contributed by atoms with van der Waals surface area (Å²) in [6, 6.07) is 11.6. The van der Waals surface area contributed by atoms with E-state index in [2.05, 4.69) is 9.97 Å². The van der Waals surface area contributed by atoms with Crippen LogP contribution in [0.4, 0.5) is 0 Å². The molecule has 5 aromatic rings. The molecule has 0 radical (unpaired) electrons. The number of fused-ring (bicyclic) bond motifs is 8. The van der Waals surface area contributed by atoms with Crippen LogP contribution in [0.5, 0.6) is 0 Å². The van der Waals surface area contributed by atoms with Crippen molar-refractivity contribution in [3.63, 3.8) is 0 Å². The number of hydrogen-bond donors (Lipinski definition) is 0. The van der Waals surface area contributed by atoms with Crippen LogP contribution in [0.1, 0.15) is 44.6 Å². The third-order valence-corrected chi connectivity index (χ3v) is 4.97. The maximum atomic E-state index is 9.16. The van der Waals surface area contributed by atoms with Crippen LogP contribution in [-0.4, -0.2) is 9.97 Å². The summed E-state index contributed by atoms with van der Waals surface area (Å²) in [7, 11) is 0. The van der Waals surface area contributed by atoms with Gasteiger partial charge in [0, 0.05) is 36.1 Å². The monoisotopic (exact) mass is 373 g/mol. The lowest BCUT2D eigenvalue weighted by Crippen LogP contribution is -2.11. The van der Waals surface area contributed by atoms with Crippen molar-refractivity contribution in [1.82, 2.24) is 9.97 Å². The summed E-state index contributed by atoms with van der Waals surface area (Å²) in [5, 5.41) is 3.73. The van der Waals surface area contributed by atoms with Gasteiger partial charge in [0.1, 0.15) is 5.52 Å². The first-order chi connectivity index (χ1) is 15.3. The molecule has 2 aromatic heterocycles. The molecule has 0 saturated heterocycles. The van der Waals surface area contributed by atoms with E-state index >= 15 is 0 Å². The van der Waals surface area contributed by atoms with Crippen molar-refractivity contribution in [2.24, 2.45) is 5.41 Å².